The molecule has 0 bridgehead atoms. The number of hydrogen-bond acceptors (Lipinski definition) is 6. The third-order valence-electron chi connectivity index (χ3n) is 3.58. The molecule has 0 saturated heterocycles. The van der Waals surface area contributed by atoms with Gasteiger partial charge in [-0.05, 0) is 26.3 Å². The van der Waals surface area contributed by atoms with Crippen LogP contribution in [0.1, 0.15) is 36.8 Å². The van der Waals surface area contributed by atoms with Gasteiger partial charge in [-0.25, -0.2) is 9.78 Å². The number of carbonyl (C=O) groups is 2. The third-order valence-corrected chi connectivity index (χ3v) is 3.58. The number of aldehydes is 1. The zero-order chi connectivity index (χ0) is 20.6. The molecule has 0 radical (unpaired) electrons. The SMILES string of the molecule is COCCN(C(=O)OC(C)(C)C)c1cc(OCc2ccccc2)cc(C=O)n1. The van der Waals surface area contributed by atoms with Crippen LogP contribution in [0.5, 0.6) is 5.75 Å². The predicted molar refractivity (Wildman–Crippen MR) is 106 cm³/mol. The van der Waals surface area contributed by atoms with Crippen molar-refractivity contribution < 1.29 is 23.8 Å². The highest BCUT2D eigenvalue weighted by atomic mass is 16.6. The van der Waals surface area contributed by atoms with Crippen molar-refractivity contribution in [3.63, 3.8) is 0 Å². The van der Waals surface area contributed by atoms with E-state index in [9.17, 15) is 9.59 Å². The third kappa shape index (κ3) is 6.66. The van der Waals surface area contributed by atoms with Crippen LogP contribution >= 0.6 is 0 Å². The Balaban J connectivity index is 2.28. The van der Waals surface area contributed by atoms with Gasteiger partial charge in [0.1, 0.15) is 29.5 Å². The first-order chi connectivity index (χ1) is 13.3. The molecule has 0 aliphatic heterocycles. The standard InChI is InChI=1S/C21H26N2O5/c1-21(2,3)28-20(25)23(10-11-26-4)19-13-18(12-17(14-24)22-19)27-15-16-8-6-5-7-9-16/h5-9,12-14H,10-11,15H2,1-4H3. The largest absolute Gasteiger partial charge is 0.489 e. The predicted octanol–water partition coefficient (Wildman–Crippen LogP) is 3.86. The maximum absolute atomic E-state index is 12.6. The molecule has 0 aliphatic carbocycles. The molecule has 2 rings (SSSR count). The first kappa shape index (κ1) is 21.4. The number of ether oxygens (including phenoxy) is 3. The second-order valence-electron chi connectivity index (χ2n) is 7.10. The fourth-order valence-corrected chi connectivity index (χ4v) is 2.33. The van der Waals surface area contributed by atoms with Crippen molar-refractivity contribution in [2.75, 3.05) is 25.2 Å². The van der Waals surface area contributed by atoms with E-state index in [0.29, 0.717) is 18.6 Å². The maximum atomic E-state index is 12.6. The van der Waals surface area contributed by atoms with E-state index in [2.05, 4.69) is 4.98 Å². The number of carbonyl (C=O) groups excluding carboxylic acids is 2. The van der Waals surface area contributed by atoms with E-state index in [1.54, 1.807) is 26.8 Å². The van der Waals surface area contributed by atoms with E-state index >= 15 is 0 Å². The summed E-state index contributed by atoms with van der Waals surface area (Å²) in [6.45, 7) is 6.17. The molecule has 0 atom stereocenters. The van der Waals surface area contributed by atoms with Crippen molar-refractivity contribution in [3.8, 4) is 5.75 Å². The van der Waals surface area contributed by atoms with Crippen LogP contribution in [0.3, 0.4) is 0 Å². The summed E-state index contributed by atoms with van der Waals surface area (Å²) in [7, 11) is 1.54. The topological polar surface area (TPSA) is 78.0 Å². The summed E-state index contributed by atoms with van der Waals surface area (Å²) >= 11 is 0. The van der Waals surface area contributed by atoms with Gasteiger partial charge in [0.2, 0.25) is 0 Å². The van der Waals surface area contributed by atoms with Crippen LogP contribution in [-0.2, 0) is 16.1 Å². The molecular weight excluding hydrogens is 360 g/mol. The van der Waals surface area contributed by atoms with Crippen LogP contribution in [0, 0.1) is 0 Å². The molecule has 7 heteroatoms. The molecule has 2 aromatic rings. The Morgan fingerprint density at radius 3 is 2.50 bits per heavy atom. The Labute approximate surface area is 165 Å². The molecular formula is C21H26N2O5. The average Bonchev–Trinajstić information content (AvgIpc) is 2.66. The fraction of sp³-hybridized carbons (Fsp3) is 0.381. The van der Waals surface area contributed by atoms with Crippen LogP contribution in [-0.4, -0.2) is 43.2 Å². The molecule has 1 amide bonds. The minimum Gasteiger partial charge on any atom is -0.489 e. The van der Waals surface area contributed by atoms with Crippen molar-refractivity contribution in [2.45, 2.75) is 33.0 Å². The van der Waals surface area contributed by atoms with Crippen molar-refractivity contribution in [1.29, 1.82) is 0 Å². The molecule has 0 unspecified atom stereocenters. The number of hydrogen-bond donors (Lipinski definition) is 0. The van der Waals surface area contributed by atoms with E-state index in [4.69, 9.17) is 14.2 Å². The number of benzene rings is 1. The van der Waals surface area contributed by atoms with E-state index in [0.717, 1.165) is 5.56 Å². The fourth-order valence-electron chi connectivity index (χ4n) is 2.33. The van der Waals surface area contributed by atoms with Crippen molar-refractivity contribution in [3.05, 3.63) is 53.7 Å². The minimum atomic E-state index is -0.669. The monoisotopic (exact) mass is 386 g/mol. The number of aromatic nitrogens is 1. The average molecular weight is 386 g/mol. The molecule has 0 saturated carbocycles. The molecule has 0 spiro atoms. The molecule has 150 valence electrons. The highest BCUT2D eigenvalue weighted by Crippen LogP contribution is 2.23. The summed E-state index contributed by atoms with van der Waals surface area (Å²) < 4.78 is 16.3. The number of methoxy groups -OCH3 is 1. The summed E-state index contributed by atoms with van der Waals surface area (Å²) in [4.78, 5) is 29.5. The van der Waals surface area contributed by atoms with Gasteiger partial charge in [0.15, 0.2) is 6.29 Å². The zero-order valence-corrected chi connectivity index (χ0v) is 16.7. The number of anilines is 1. The Hall–Kier alpha value is -2.93. The number of pyridine rings is 1. The number of nitrogens with zero attached hydrogens (tertiary/aromatic N) is 2. The molecule has 1 heterocycles. The van der Waals surface area contributed by atoms with Gasteiger partial charge in [-0.15, -0.1) is 0 Å². The second-order valence-corrected chi connectivity index (χ2v) is 7.10. The van der Waals surface area contributed by atoms with Crippen molar-refractivity contribution in [2.24, 2.45) is 0 Å². The van der Waals surface area contributed by atoms with Gasteiger partial charge < -0.3 is 14.2 Å². The molecule has 1 aromatic carbocycles. The van der Waals surface area contributed by atoms with Crippen LogP contribution in [0.25, 0.3) is 0 Å². The second kappa shape index (κ2) is 9.85. The smallest absolute Gasteiger partial charge is 0.416 e. The van der Waals surface area contributed by atoms with Gasteiger partial charge in [-0.2, -0.15) is 0 Å². The zero-order valence-electron chi connectivity index (χ0n) is 16.7. The van der Waals surface area contributed by atoms with E-state index in [-0.39, 0.29) is 24.7 Å². The van der Waals surface area contributed by atoms with Gasteiger partial charge in [0.25, 0.3) is 0 Å². The molecule has 0 fully saturated rings. The van der Waals surface area contributed by atoms with Crippen molar-refractivity contribution >= 4 is 18.2 Å². The van der Waals surface area contributed by atoms with Crippen molar-refractivity contribution in [1.82, 2.24) is 4.98 Å². The lowest BCUT2D eigenvalue weighted by Crippen LogP contribution is -2.39. The van der Waals surface area contributed by atoms with E-state index in [1.807, 2.05) is 30.3 Å². The van der Waals surface area contributed by atoms with Gasteiger partial charge in [0.05, 0.1) is 13.2 Å². The summed E-state index contributed by atoms with van der Waals surface area (Å²) in [6, 6.07) is 12.8. The highest BCUT2D eigenvalue weighted by molar-refractivity contribution is 5.87. The van der Waals surface area contributed by atoms with Crippen LogP contribution in [0.2, 0.25) is 0 Å². The summed E-state index contributed by atoms with van der Waals surface area (Å²) in [6.07, 6.45) is 0.0387. The Kier molecular flexibility index (Phi) is 7.52. The quantitative estimate of drug-likeness (QED) is 0.641. The van der Waals surface area contributed by atoms with Crippen LogP contribution in [0.15, 0.2) is 42.5 Å². The Morgan fingerprint density at radius 2 is 1.89 bits per heavy atom. The van der Waals surface area contributed by atoms with Gasteiger partial charge in [-0.3, -0.25) is 9.69 Å². The van der Waals surface area contributed by atoms with Crippen LogP contribution < -0.4 is 9.64 Å². The van der Waals surface area contributed by atoms with Gasteiger partial charge >= 0.3 is 6.09 Å². The number of amides is 1. The maximum Gasteiger partial charge on any atom is 0.416 e. The van der Waals surface area contributed by atoms with E-state index < -0.39 is 11.7 Å². The van der Waals surface area contributed by atoms with E-state index in [1.165, 1.54) is 18.1 Å². The lowest BCUT2D eigenvalue weighted by molar-refractivity contribution is 0.0567. The summed E-state index contributed by atoms with van der Waals surface area (Å²) in [5.41, 5.74) is 0.473. The first-order valence-electron chi connectivity index (χ1n) is 8.96. The minimum absolute atomic E-state index is 0.159. The Bertz CT molecular complexity index is 787. The lowest BCUT2D eigenvalue weighted by Gasteiger charge is -2.27. The van der Waals surface area contributed by atoms with Gasteiger partial charge in [-0.1, -0.05) is 30.3 Å². The number of rotatable bonds is 8. The molecule has 1 aromatic heterocycles. The normalized spacial score (nSPS) is 11.0. The highest BCUT2D eigenvalue weighted by Gasteiger charge is 2.25. The van der Waals surface area contributed by atoms with Crippen LogP contribution in [0.4, 0.5) is 10.6 Å². The molecule has 28 heavy (non-hydrogen) atoms. The van der Waals surface area contributed by atoms with Gasteiger partial charge in [0, 0.05) is 19.2 Å². The molecule has 7 nitrogen and oxygen atoms in total. The lowest BCUT2D eigenvalue weighted by atomic mass is 10.2. The first-order valence-corrected chi connectivity index (χ1v) is 8.96. The Morgan fingerprint density at radius 1 is 1.18 bits per heavy atom. The summed E-state index contributed by atoms with van der Waals surface area (Å²) in [5, 5.41) is 0. The molecule has 0 aliphatic rings. The molecule has 0 N–H and O–H groups in total. The summed E-state index contributed by atoms with van der Waals surface area (Å²) in [5.74, 6) is 0.695.